The summed E-state index contributed by atoms with van der Waals surface area (Å²) in [6, 6.07) is 10.2. The molecule has 17 heavy (non-hydrogen) atoms. The molecule has 0 unspecified atom stereocenters. The molecule has 0 bridgehead atoms. The SMILES string of the molecule is c1ccc2c(O[C@@H]3CCCNC3)nccc2c1. The number of nitrogens with zero attached hydrogens (tertiary/aromatic N) is 1. The second-order valence-electron chi connectivity index (χ2n) is 4.42. The highest BCUT2D eigenvalue weighted by atomic mass is 16.5. The van der Waals surface area contributed by atoms with E-state index >= 15 is 0 Å². The molecule has 3 rings (SSSR count). The van der Waals surface area contributed by atoms with Crippen molar-refractivity contribution >= 4 is 10.8 Å². The molecule has 0 radical (unpaired) electrons. The van der Waals surface area contributed by atoms with E-state index < -0.39 is 0 Å². The summed E-state index contributed by atoms with van der Waals surface area (Å²) in [5.74, 6) is 0.761. The zero-order chi connectivity index (χ0) is 11.5. The standard InChI is InChI=1S/C14H16N2O/c1-2-6-13-11(4-1)7-9-16-14(13)17-12-5-3-8-15-10-12/h1-2,4,6-7,9,12,15H,3,5,8,10H2/t12-/m1/s1. The number of aromatic nitrogens is 1. The number of piperidine rings is 1. The van der Waals surface area contributed by atoms with Gasteiger partial charge in [0.1, 0.15) is 6.10 Å². The van der Waals surface area contributed by atoms with Crippen LogP contribution in [0, 0.1) is 0 Å². The molecule has 1 aromatic carbocycles. The molecule has 1 saturated heterocycles. The maximum absolute atomic E-state index is 5.99. The summed E-state index contributed by atoms with van der Waals surface area (Å²) in [4.78, 5) is 4.35. The summed E-state index contributed by atoms with van der Waals surface area (Å²) in [5, 5.41) is 5.63. The Morgan fingerprint density at radius 2 is 2.18 bits per heavy atom. The molecule has 2 aromatic rings. The highest BCUT2D eigenvalue weighted by Crippen LogP contribution is 2.24. The lowest BCUT2D eigenvalue weighted by Gasteiger charge is -2.23. The molecule has 3 heteroatoms. The van der Waals surface area contributed by atoms with E-state index in [0.29, 0.717) is 0 Å². The number of benzene rings is 1. The minimum Gasteiger partial charge on any atom is -0.473 e. The monoisotopic (exact) mass is 228 g/mol. The lowest BCUT2D eigenvalue weighted by atomic mass is 10.1. The quantitative estimate of drug-likeness (QED) is 0.856. The van der Waals surface area contributed by atoms with E-state index in [4.69, 9.17) is 4.74 Å². The Labute approximate surface area is 101 Å². The van der Waals surface area contributed by atoms with Crippen LogP contribution in [-0.4, -0.2) is 24.2 Å². The number of fused-ring (bicyclic) bond motifs is 1. The van der Waals surface area contributed by atoms with Gasteiger partial charge in [0.15, 0.2) is 0 Å². The Kier molecular flexibility index (Phi) is 2.92. The van der Waals surface area contributed by atoms with Crippen LogP contribution in [0.5, 0.6) is 5.88 Å². The van der Waals surface area contributed by atoms with Gasteiger partial charge in [-0.15, -0.1) is 0 Å². The lowest BCUT2D eigenvalue weighted by Crippen LogP contribution is -2.37. The van der Waals surface area contributed by atoms with Crippen LogP contribution in [0.2, 0.25) is 0 Å². The van der Waals surface area contributed by atoms with Crippen LogP contribution in [0.15, 0.2) is 36.5 Å². The van der Waals surface area contributed by atoms with Crippen LogP contribution in [-0.2, 0) is 0 Å². The predicted molar refractivity (Wildman–Crippen MR) is 68.3 cm³/mol. The van der Waals surface area contributed by atoms with Crippen LogP contribution in [0.25, 0.3) is 10.8 Å². The van der Waals surface area contributed by atoms with Crippen molar-refractivity contribution in [3.63, 3.8) is 0 Å². The molecule has 0 amide bonds. The second kappa shape index (κ2) is 4.72. The highest BCUT2D eigenvalue weighted by Gasteiger charge is 2.15. The molecule has 1 fully saturated rings. The van der Waals surface area contributed by atoms with Crippen LogP contribution < -0.4 is 10.1 Å². The fraction of sp³-hybridized carbons (Fsp3) is 0.357. The van der Waals surface area contributed by atoms with E-state index in [-0.39, 0.29) is 6.10 Å². The second-order valence-corrected chi connectivity index (χ2v) is 4.42. The number of hydrogen-bond acceptors (Lipinski definition) is 3. The molecule has 0 saturated carbocycles. The fourth-order valence-corrected chi connectivity index (χ4v) is 2.26. The number of rotatable bonds is 2. The van der Waals surface area contributed by atoms with Gasteiger partial charge >= 0.3 is 0 Å². The Morgan fingerprint density at radius 1 is 1.24 bits per heavy atom. The van der Waals surface area contributed by atoms with E-state index in [1.54, 1.807) is 0 Å². The summed E-state index contributed by atoms with van der Waals surface area (Å²) < 4.78 is 5.99. The van der Waals surface area contributed by atoms with Crippen molar-refractivity contribution in [2.45, 2.75) is 18.9 Å². The molecule has 1 aromatic heterocycles. The first-order chi connectivity index (χ1) is 8.43. The minimum absolute atomic E-state index is 0.252. The van der Waals surface area contributed by atoms with Crippen molar-refractivity contribution in [1.29, 1.82) is 0 Å². The van der Waals surface area contributed by atoms with Crippen molar-refractivity contribution in [3.05, 3.63) is 36.5 Å². The molecule has 3 nitrogen and oxygen atoms in total. The van der Waals surface area contributed by atoms with E-state index in [0.717, 1.165) is 30.8 Å². The molecule has 1 atom stereocenters. The molecular formula is C14H16N2O. The topological polar surface area (TPSA) is 34.1 Å². The predicted octanol–water partition coefficient (Wildman–Crippen LogP) is 2.37. The average molecular weight is 228 g/mol. The van der Waals surface area contributed by atoms with Gasteiger partial charge in [0.25, 0.3) is 0 Å². The Hall–Kier alpha value is -1.61. The van der Waals surface area contributed by atoms with Crippen LogP contribution in [0.4, 0.5) is 0 Å². The van der Waals surface area contributed by atoms with Crippen LogP contribution >= 0.6 is 0 Å². The fourth-order valence-electron chi connectivity index (χ4n) is 2.26. The van der Waals surface area contributed by atoms with E-state index in [1.807, 2.05) is 24.4 Å². The molecular weight excluding hydrogens is 212 g/mol. The first-order valence-corrected chi connectivity index (χ1v) is 6.14. The average Bonchev–Trinajstić information content (AvgIpc) is 2.40. The molecule has 1 N–H and O–H groups in total. The van der Waals surface area contributed by atoms with Crippen molar-refractivity contribution in [3.8, 4) is 5.88 Å². The van der Waals surface area contributed by atoms with Crippen molar-refractivity contribution in [2.24, 2.45) is 0 Å². The summed E-state index contributed by atoms with van der Waals surface area (Å²) in [7, 11) is 0. The zero-order valence-corrected chi connectivity index (χ0v) is 9.73. The summed E-state index contributed by atoms with van der Waals surface area (Å²) in [6.07, 6.45) is 4.35. The van der Waals surface area contributed by atoms with Gasteiger partial charge < -0.3 is 10.1 Å². The van der Waals surface area contributed by atoms with E-state index in [2.05, 4.69) is 22.4 Å². The van der Waals surface area contributed by atoms with Crippen molar-refractivity contribution < 1.29 is 4.74 Å². The van der Waals surface area contributed by atoms with Crippen LogP contribution in [0.3, 0.4) is 0 Å². The first-order valence-electron chi connectivity index (χ1n) is 6.14. The van der Waals surface area contributed by atoms with Gasteiger partial charge in [0, 0.05) is 18.1 Å². The minimum atomic E-state index is 0.252. The van der Waals surface area contributed by atoms with Gasteiger partial charge in [0.2, 0.25) is 5.88 Å². The van der Waals surface area contributed by atoms with Gasteiger partial charge in [0.05, 0.1) is 0 Å². The Balaban J connectivity index is 1.89. The van der Waals surface area contributed by atoms with Gasteiger partial charge in [-0.2, -0.15) is 0 Å². The van der Waals surface area contributed by atoms with Gasteiger partial charge in [-0.25, -0.2) is 4.98 Å². The molecule has 2 heterocycles. The molecule has 88 valence electrons. The third-order valence-corrected chi connectivity index (χ3v) is 3.17. The summed E-state index contributed by atoms with van der Waals surface area (Å²) in [5.41, 5.74) is 0. The maximum Gasteiger partial charge on any atom is 0.221 e. The smallest absolute Gasteiger partial charge is 0.221 e. The first kappa shape index (κ1) is 10.5. The van der Waals surface area contributed by atoms with Crippen molar-refractivity contribution in [1.82, 2.24) is 10.3 Å². The highest BCUT2D eigenvalue weighted by molar-refractivity contribution is 5.86. The molecule has 1 aliphatic rings. The molecule has 0 aliphatic carbocycles. The van der Waals surface area contributed by atoms with Gasteiger partial charge in [-0.05, 0) is 36.9 Å². The van der Waals surface area contributed by atoms with Crippen LogP contribution in [0.1, 0.15) is 12.8 Å². The lowest BCUT2D eigenvalue weighted by molar-refractivity contribution is 0.163. The van der Waals surface area contributed by atoms with Crippen molar-refractivity contribution in [2.75, 3.05) is 13.1 Å². The zero-order valence-electron chi connectivity index (χ0n) is 9.73. The largest absolute Gasteiger partial charge is 0.473 e. The number of ether oxygens (including phenoxy) is 1. The molecule has 1 aliphatic heterocycles. The molecule has 0 spiro atoms. The third-order valence-electron chi connectivity index (χ3n) is 3.17. The van der Waals surface area contributed by atoms with E-state index in [1.165, 1.54) is 11.8 Å². The number of nitrogens with one attached hydrogen (secondary N) is 1. The number of hydrogen-bond donors (Lipinski definition) is 1. The third kappa shape index (κ3) is 2.24. The summed E-state index contributed by atoms with van der Waals surface area (Å²) >= 11 is 0. The normalized spacial score (nSPS) is 20.4. The van der Waals surface area contributed by atoms with Gasteiger partial charge in [-0.1, -0.05) is 18.2 Å². The Morgan fingerprint density at radius 3 is 3.06 bits per heavy atom. The Bertz CT molecular complexity index is 501. The van der Waals surface area contributed by atoms with Gasteiger partial charge in [-0.3, -0.25) is 0 Å². The number of pyridine rings is 1. The summed E-state index contributed by atoms with van der Waals surface area (Å²) in [6.45, 7) is 2.02. The van der Waals surface area contributed by atoms with E-state index in [9.17, 15) is 0 Å². The maximum atomic E-state index is 5.99.